The summed E-state index contributed by atoms with van der Waals surface area (Å²) in [6.07, 6.45) is 0.364. The molecule has 0 aliphatic rings. The quantitative estimate of drug-likeness (QED) is 0.300. The van der Waals surface area contributed by atoms with Gasteiger partial charge in [-0.2, -0.15) is 4.98 Å². The molecule has 1 aromatic rings. The number of carbonyl (C=O) groups is 1. The number of halogens is 1. The van der Waals surface area contributed by atoms with Crippen LogP contribution in [0.15, 0.2) is 9.52 Å². The number of rotatable bonds is 7. The summed E-state index contributed by atoms with van der Waals surface area (Å²) in [5.74, 6) is 2.18. The molecule has 1 rings (SSSR count). The van der Waals surface area contributed by atoms with E-state index in [2.05, 4.69) is 39.6 Å². The molecule has 0 spiro atoms. The molecule has 0 fully saturated rings. The molecule has 1 heterocycles. The average molecular weight is 553 g/mol. The second kappa shape index (κ2) is 12.4. The van der Waals surface area contributed by atoms with Gasteiger partial charge < -0.3 is 24.8 Å². The summed E-state index contributed by atoms with van der Waals surface area (Å²) in [4.78, 5) is 22.9. The molecular formula is C21H41IN6O3. The van der Waals surface area contributed by atoms with Gasteiger partial charge in [-0.25, -0.2) is 4.79 Å². The smallest absolute Gasteiger partial charge is 0.407 e. The molecule has 0 saturated carbocycles. The highest BCUT2D eigenvalue weighted by Gasteiger charge is 2.23. The Balaban J connectivity index is 0.00000900. The number of guanidine groups is 1. The molecule has 31 heavy (non-hydrogen) atoms. The minimum absolute atomic E-state index is 0. The standard InChI is InChI=1S/C21H40N6O3.HI/c1-14(2)15(24-19(28)29-21(6,7)8)11-12-27(10)18(22-9)23-13-16-25-17(30-26-16)20(3,4)5;/h14-15H,11-13H2,1-10H3,(H,22,23)(H,24,28);1H. The van der Waals surface area contributed by atoms with E-state index in [0.717, 1.165) is 12.4 Å². The monoisotopic (exact) mass is 552 g/mol. The van der Waals surface area contributed by atoms with Crippen LogP contribution in [0.3, 0.4) is 0 Å². The summed E-state index contributed by atoms with van der Waals surface area (Å²) in [6.45, 7) is 16.9. The summed E-state index contributed by atoms with van der Waals surface area (Å²) < 4.78 is 10.7. The number of aromatic nitrogens is 2. The Hall–Kier alpha value is -1.59. The summed E-state index contributed by atoms with van der Waals surface area (Å²) in [7, 11) is 3.69. The molecule has 1 aromatic heterocycles. The van der Waals surface area contributed by atoms with E-state index >= 15 is 0 Å². The number of hydrogen-bond acceptors (Lipinski definition) is 6. The molecule has 1 unspecified atom stereocenters. The van der Waals surface area contributed by atoms with E-state index < -0.39 is 11.7 Å². The van der Waals surface area contributed by atoms with Gasteiger partial charge in [0.2, 0.25) is 5.89 Å². The number of alkyl carbamates (subject to hydrolysis) is 1. The van der Waals surface area contributed by atoms with Gasteiger partial charge in [0.15, 0.2) is 11.8 Å². The predicted octanol–water partition coefficient (Wildman–Crippen LogP) is 3.93. The highest BCUT2D eigenvalue weighted by atomic mass is 127. The Morgan fingerprint density at radius 2 is 1.84 bits per heavy atom. The fourth-order valence-electron chi connectivity index (χ4n) is 2.64. The van der Waals surface area contributed by atoms with Gasteiger partial charge in [-0.05, 0) is 33.1 Å². The Kier molecular flexibility index (Phi) is 11.8. The van der Waals surface area contributed by atoms with E-state index in [4.69, 9.17) is 9.26 Å². The van der Waals surface area contributed by atoms with Gasteiger partial charge >= 0.3 is 6.09 Å². The highest BCUT2D eigenvalue weighted by molar-refractivity contribution is 14.0. The van der Waals surface area contributed by atoms with Gasteiger partial charge in [-0.15, -0.1) is 24.0 Å². The first-order chi connectivity index (χ1) is 13.7. The summed E-state index contributed by atoms with van der Waals surface area (Å²) in [5.41, 5.74) is -0.701. The minimum atomic E-state index is -0.517. The van der Waals surface area contributed by atoms with Crippen LogP contribution in [0.25, 0.3) is 0 Å². The number of nitrogens with one attached hydrogen (secondary N) is 2. The van der Waals surface area contributed by atoms with Crippen LogP contribution in [-0.2, 0) is 16.7 Å². The number of amides is 1. The van der Waals surface area contributed by atoms with E-state index in [0.29, 0.717) is 24.8 Å². The van der Waals surface area contributed by atoms with Crippen molar-refractivity contribution >= 4 is 36.0 Å². The van der Waals surface area contributed by atoms with Crippen molar-refractivity contribution in [1.29, 1.82) is 0 Å². The van der Waals surface area contributed by atoms with Gasteiger partial charge in [0.1, 0.15) is 5.60 Å². The number of carbonyl (C=O) groups excluding carboxylic acids is 1. The van der Waals surface area contributed by atoms with Crippen LogP contribution in [0.1, 0.15) is 73.5 Å². The number of ether oxygens (including phenoxy) is 1. The van der Waals surface area contributed by atoms with Gasteiger partial charge in [-0.3, -0.25) is 4.99 Å². The van der Waals surface area contributed by atoms with E-state index in [1.54, 1.807) is 7.05 Å². The minimum Gasteiger partial charge on any atom is -0.444 e. The lowest BCUT2D eigenvalue weighted by atomic mass is 9.97. The maximum atomic E-state index is 12.1. The Morgan fingerprint density at radius 1 is 1.23 bits per heavy atom. The molecule has 10 heteroatoms. The van der Waals surface area contributed by atoms with Crippen molar-refractivity contribution in [2.24, 2.45) is 10.9 Å². The van der Waals surface area contributed by atoms with E-state index in [-0.39, 0.29) is 41.4 Å². The van der Waals surface area contributed by atoms with Gasteiger partial charge in [0.05, 0.1) is 6.54 Å². The predicted molar refractivity (Wildman–Crippen MR) is 134 cm³/mol. The van der Waals surface area contributed by atoms with Crippen molar-refractivity contribution in [2.45, 2.75) is 85.4 Å². The largest absolute Gasteiger partial charge is 0.444 e. The maximum Gasteiger partial charge on any atom is 0.407 e. The number of aliphatic imine (C=N–C) groups is 1. The first-order valence-corrected chi connectivity index (χ1v) is 10.5. The molecule has 0 aliphatic heterocycles. The molecule has 1 amide bonds. The first-order valence-electron chi connectivity index (χ1n) is 10.5. The van der Waals surface area contributed by atoms with Gasteiger partial charge in [0.25, 0.3) is 0 Å². The Labute approximate surface area is 204 Å². The van der Waals surface area contributed by atoms with Crippen molar-refractivity contribution in [1.82, 2.24) is 25.7 Å². The second-order valence-corrected chi connectivity index (χ2v) is 9.87. The zero-order chi connectivity index (χ0) is 23.1. The number of nitrogens with zero attached hydrogens (tertiary/aromatic N) is 4. The van der Waals surface area contributed by atoms with Crippen molar-refractivity contribution in [3.63, 3.8) is 0 Å². The fourth-order valence-corrected chi connectivity index (χ4v) is 2.64. The van der Waals surface area contributed by atoms with E-state index in [9.17, 15) is 4.79 Å². The van der Waals surface area contributed by atoms with Gasteiger partial charge in [0, 0.05) is 32.1 Å². The van der Waals surface area contributed by atoms with Crippen LogP contribution in [0.4, 0.5) is 4.79 Å². The maximum absolute atomic E-state index is 12.1. The lowest BCUT2D eigenvalue weighted by Crippen LogP contribution is -2.45. The van der Waals surface area contributed by atoms with Crippen LogP contribution in [0.2, 0.25) is 0 Å². The third kappa shape index (κ3) is 11.0. The van der Waals surface area contributed by atoms with Crippen molar-refractivity contribution in [3.8, 4) is 0 Å². The fraction of sp³-hybridized carbons (Fsp3) is 0.810. The average Bonchev–Trinajstić information content (AvgIpc) is 3.06. The second-order valence-electron chi connectivity index (χ2n) is 9.87. The summed E-state index contributed by atoms with van der Waals surface area (Å²) in [5, 5.41) is 10.3. The first kappa shape index (κ1) is 29.4. The molecule has 0 saturated heterocycles. The lowest BCUT2D eigenvalue weighted by Gasteiger charge is -2.28. The zero-order valence-corrected chi connectivity index (χ0v) is 23.0. The molecule has 9 nitrogen and oxygen atoms in total. The van der Waals surface area contributed by atoms with Crippen LogP contribution < -0.4 is 10.6 Å². The Morgan fingerprint density at radius 3 is 2.29 bits per heavy atom. The molecular weight excluding hydrogens is 511 g/mol. The van der Waals surface area contributed by atoms with Crippen LogP contribution in [-0.4, -0.2) is 59.4 Å². The van der Waals surface area contributed by atoms with Crippen molar-refractivity contribution < 1.29 is 14.1 Å². The third-order valence-electron chi connectivity index (χ3n) is 4.37. The van der Waals surface area contributed by atoms with Crippen LogP contribution in [0, 0.1) is 5.92 Å². The van der Waals surface area contributed by atoms with Crippen molar-refractivity contribution in [3.05, 3.63) is 11.7 Å². The lowest BCUT2D eigenvalue weighted by molar-refractivity contribution is 0.0486. The van der Waals surface area contributed by atoms with E-state index in [1.807, 2.05) is 53.5 Å². The summed E-state index contributed by atoms with van der Waals surface area (Å²) in [6, 6.07) is -0.00745. The van der Waals surface area contributed by atoms with Crippen LogP contribution in [0.5, 0.6) is 0 Å². The SMILES string of the molecule is CN=C(NCc1noc(C(C)(C)C)n1)N(C)CCC(NC(=O)OC(C)(C)C)C(C)C.I. The summed E-state index contributed by atoms with van der Waals surface area (Å²) >= 11 is 0. The highest BCUT2D eigenvalue weighted by Crippen LogP contribution is 2.19. The van der Waals surface area contributed by atoms with Crippen LogP contribution >= 0.6 is 24.0 Å². The molecule has 0 bridgehead atoms. The zero-order valence-electron chi connectivity index (χ0n) is 20.7. The molecule has 1 atom stereocenters. The number of hydrogen-bond donors (Lipinski definition) is 2. The normalized spacial score (nSPS) is 13.5. The Bertz CT molecular complexity index is 707. The molecule has 2 N–H and O–H groups in total. The van der Waals surface area contributed by atoms with Gasteiger partial charge in [-0.1, -0.05) is 39.8 Å². The topological polar surface area (TPSA) is 105 Å². The molecule has 180 valence electrons. The molecule has 0 aliphatic carbocycles. The molecule has 0 aromatic carbocycles. The van der Waals surface area contributed by atoms with Crippen molar-refractivity contribution in [2.75, 3.05) is 20.6 Å². The van der Waals surface area contributed by atoms with E-state index in [1.165, 1.54) is 0 Å². The molecule has 0 radical (unpaired) electrons. The third-order valence-corrected chi connectivity index (χ3v) is 4.37.